The van der Waals surface area contributed by atoms with Crippen LogP contribution >= 0.6 is 0 Å². The predicted molar refractivity (Wildman–Crippen MR) is 107 cm³/mol. The molecule has 156 valence electrons. The standard InChI is InChI=1S/C21H32N2O5/c1-6-16-9-11-17(12-10-16)15(2)23-18(24)14-27-19(25)8-7-13-22-20(26)28-21(3,4)5/h9-12,15H,6-8,13-14H2,1-5H3,(H,22,26)(H,23,24)/t15-/m1/s1. The van der Waals surface area contributed by atoms with Crippen molar-refractivity contribution in [1.29, 1.82) is 0 Å². The van der Waals surface area contributed by atoms with E-state index in [1.165, 1.54) is 5.56 Å². The third-order valence-corrected chi connectivity index (χ3v) is 3.86. The molecule has 7 heteroatoms. The number of benzene rings is 1. The third-order valence-electron chi connectivity index (χ3n) is 3.86. The van der Waals surface area contributed by atoms with E-state index >= 15 is 0 Å². The van der Waals surface area contributed by atoms with Gasteiger partial charge in [0.1, 0.15) is 5.60 Å². The Labute approximate surface area is 167 Å². The number of amides is 2. The lowest BCUT2D eigenvalue weighted by atomic mass is 10.1. The summed E-state index contributed by atoms with van der Waals surface area (Å²) in [6, 6.07) is 7.85. The molecular formula is C21H32N2O5. The van der Waals surface area contributed by atoms with Gasteiger partial charge in [-0.2, -0.15) is 0 Å². The van der Waals surface area contributed by atoms with E-state index in [2.05, 4.69) is 17.6 Å². The number of alkyl carbamates (subject to hydrolysis) is 1. The molecule has 0 aromatic heterocycles. The second-order valence-corrected chi connectivity index (χ2v) is 7.58. The largest absolute Gasteiger partial charge is 0.456 e. The molecule has 0 unspecified atom stereocenters. The Morgan fingerprint density at radius 1 is 1.11 bits per heavy atom. The van der Waals surface area contributed by atoms with Gasteiger partial charge in [0.05, 0.1) is 6.04 Å². The maximum atomic E-state index is 11.9. The number of aryl methyl sites for hydroxylation is 1. The zero-order chi connectivity index (χ0) is 21.2. The molecule has 2 amide bonds. The SMILES string of the molecule is CCc1ccc([C@@H](C)NC(=O)COC(=O)CCCNC(=O)OC(C)(C)C)cc1. The maximum Gasteiger partial charge on any atom is 0.407 e. The van der Waals surface area contributed by atoms with E-state index in [1.807, 2.05) is 31.2 Å². The molecule has 28 heavy (non-hydrogen) atoms. The molecule has 7 nitrogen and oxygen atoms in total. The van der Waals surface area contributed by atoms with Crippen molar-refractivity contribution >= 4 is 18.0 Å². The molecule has 1 rings (SSSR count). The van der Waals surface area contributed by atoms with E-state index in [0.29, 0.717) is 13.0 Å². The Morgan fingerprint density at radius 3 is 2.32 bits per heavy atom. The summed E-state index contributed by atoms with van der Waals surface area (Å²) in [6.45, 7) is 9.25. The zero-order valence-corrected chi connectivity index (χ0v) is 17.5. The highest BCUT2D eigenvalue weighted by Crippen LogP contribution is 2.13. The molecule has 0 fully saturated rings. The van der Waals surface area contributed by atoms with E-state index < -0.39 is 17.7 Å². The van der Waals surface area contributed by atoms with Crippen LogP contribution in [-0.2, 0) is 25.5 Å². The van der Waals surface area contributed by atoms with Crippen molar-refractivity contribution in [2.75, 3.05) is 13.2 Å². The maximum absolute atomic E-state index is 11.9. The summed E-state index contributed by atoms with van der Waals surface area (Å²) in [7, 11) is 0. The van der Waals surface area contributed by atoms with Gasteiger partial charge in [-0.15, -0.1) is 0 Å². The van der Waals surface area contributed by atoms with E-state index in [-0.39, 0.29) is 25.0 Å². The molecule has 0 saturated heterocycles. The molecule has 0 spiro atoms. The Balaban J connectivity index is 2.21. The lowest BCUT2D eigenvalue weighted by molar-refractivity contribution is -0.148. The van der Waals surface area contributed by atoms with Crippen molar-refractivity contribution in [2.45, 2.75) is 65.5 Å². The minimum atomic E-state index is -0.564. The molecule has 1 atom stereocenters. The summed E-state index contributed by atoms with van der Waals surface area (Å²) in [4.78, 5) is 35.1. The van der Waals surface area contributed by atoms with Crippen molar-refractivity contribution in [1.82, 2.24) is 10.6 Å². The number of hydrogen-bond acceptors (Lipinski definition) is 5. The van der Waals surface area contributed by atoms with E-state index in [1.54, 1.807) is 20.8 Å². The molecule has 1 aromatic rings. The quantitative estimate of drug-likeness (QED) is 0.497. The second kappa shape index (κ2) is 11.3. The van der Waals surface area contributed by atoms with Gasteiger partial charge < -0.3 is 20.1 Å². The van der Waals surface area contributed by atoms with E-state index in [9.17, 15) is 14.4 Å². The normalized spacial score (nSPS) is 12.0. The summed E-state index contributed by atoms with van der Waals surface area (Å²) in [6.07, 6.45) is 0.947. The Kier molecular flexibility index (Phi) is 9.48. The highest BCUT2D eigenvalue weighted by Gasteiger charge is 2.16. The minimum absolute atomic E-state index is 0.108. The molecule has 2 N–H and O–H groups in total. The van der Waals surface area contributed by atoms with Gasteiger partial charge in [0.15, 0.2) is 6.61 Å². The van der Waals surface area contributed by atoms with Gasteiger partial charge in [-0.25, -0.2) is 4.79 Å². The van der Waals surface area contributed by atoms with Crippen molar-refractivity contribution in [3.63, 3.8) is 0 Å². The molecule has 0 heterocycles. The Bertz CT molecular complexity index is 650. The number of carbonyl (C=O) groups excluding carboxylic acids is 3. The highest BCUT2D eigenvalue weighted by molar-refractivity contribution is 5.80. The number of ether oxygens (including phenoxy) is 2. The van der Waals surface area contributed by atoms with Crippen LogP contribution in [0.3, 0.4) is 0 Å². The summed E-state index contributed by atoms with van der Waals surface area (Å²) in [5.41, 5.74) is 1.66. The van der Waals surface area contributed by atoms with Crippen molar-refractivity contribution < 1.29 is 23.9 Å². The van der Waals surface area contributed by atoms with Crippen LogP contribution < -0.4 is 10.6 Å². The van der Waals surface area contributed by atoms with Gasteiger partial charge in [-0.1, -0.05) is 31.2 Å². The first-order valence-corrected chi connectivity index (χ1v) is 9.61. The van der Waals surface area contributed by atoms with Crippen molar-refractivity contribution in [3.8, 4) is 0 Å². The minimum Gasteiger partial charge on any atom is -0.456 e. The van der Waals surface area contributed by atoms with Crippen molar-refractivity contribution in [3.05, 3.63) is 35.4 Å². The fraction of sp³-hybridized carbons (Fsp3) is 0.571. The van der Waals surface area contributed by atoms with Crippen LogP contribution in [0.2, 0.25) is 0 Å². The van der Waals surface area contributed by atoms with Gasteiger partial charge >= 0.3 is 12.1 Å². The van der Waals surface area contributed by atoms with Crippen LogP contribution in [0.4, 0.5) is 4.79 Å². The third kappa shape index (κ3) is 9.94. The number of hydrogen-bond donors (Lipinski definition) is 2. The van der Waals surface area contributed by atoms with Gasteiger partial charge in [0.25, 0.3) is 5.91 Å². The van der Waals surface area contributed by atoms with Gasteiger partial charge in [0.2, 0.25) is 0 Å². The highest BCUT2D eigenvalue weighted by atomic mass is 16.6. The zero-order valence-electron chi connectivity index (χ0n) is 17.5. The van der Waals surface area contributed by atoms with Crippen LogP contribution in [0.1, 0.15) is 64.6 Å². The summed E-state index contributed by atoms with van der Waals surface area (Å²) in [5.74, 6) is -0.839. The fourth-order valence-corrected chi connectivity index (χ4v) is 2.36. The Morgan fingerprint density at radius 2 is 1.75 bits per heavy atom. The number of carbonyl (C=O) groups is 3. The van der Waals surface area contributed by atoms with Gasteiger partial charge in [-0.05, 0) is 51.7 Å². The lowest BCUT2D eigenvalue weighted by Gasteiger charge is -2.19. The van der Waals surface area contributed by atoms with Crippen LogP contribution in [0.25, 0.3) is 0 Å². The lowest BCUT2D eigenvalue weighted by Crippen LogP contribution is -2.33. The number of nitrogens with one attached hydrogen (secondary N) is 2. The molecule has 0 radical (unpaired) electrons. The van der Waals surface area contributed by atoms with Crippen molar-refractivity contribution in [2.24, 2.45) is 0 Å². The van der Waals surface area contributed by atoms with Crippen LogP contribution in [0.15, 0.2) is 24.3 Å². The Hall–Kier alpha value is -2.57. The monoisotopic (exact) mass is 392 g/mol. The number of esters is 1. The van der Waals surface area contributed by atoms with Gasteiger partial charge in [-0.3, -0.25) is 9.59 Å². The summed E-state index contributed by atoms with van der Waals surface area (Å²) in [5, 5.41) is 5.37. The van der Waals surface area contributed by atoms with Crippen LogP contribution in [0.5, 0.6) is 0 Å². The summed E-state index contributed by atoms with van der Waals surface area (Å²) >= 11 is 0. The van der Waals surface area contributed by atoms with Crippen LogP contribution in [0, 0.1) is 0 Å². The van der Waals surface area contributed by atoms with Crippen LogP contribution in [-0.4, -0.2) is 36.7 Å². The molecule has 0 aliphatic carbocycles. The molecular weight excluding hydrogens is 360 g/mol. The van der Waals surface area contributed by atoms with E-state index in [0.717, 1.165) is 12.0 Å². The predicted octanol–water partition coefficient (Wildman–Crippen LogP) is 3.27. The molecule has 0 saturated carbocycles. The first-order chi connectivity index (χ1) is 13.1. The molecule has 0 bridgehead atoms. The average Bonchev–Trinajstić information content (AvgIpc) is 2.62. The average molecular weight is 392 g/mol. The molecule has 1 aromatic carbocycles. The second-order valence-electron chi connectivity index (χ2n) is 7.58. The van der Waals surface area contributed by atoms with E-state index in [4.69, 9.17) is 9.47 Å². The smallest absolute Gasteiger partial charge is 0.407 e. The first kappa shape index (κ1) is 23.5. The number of rotatable bonds is 9. The fourth-order valence-electron chi connectivity index (χ4n) is 2.36. The molecule has 0 aliphatic rings. The van der Waals surface area contributed by atoms with Gasteiger partial charge in [0, 0.05) is 13.0 Å². The molecule has 0 aliphatic heterocycles. The first-order valence-electron chi connectivity index (χ1n) is 9.61. The topological polar surface area (TPSA) is 93.7 Å². The summed E-state index contributed by atoms with van der Waals surface area (Å²) < 4.78 is 10.1.